The van der Waals surface area contributed by atoms with E-state index in [4.69, 9.17) is 14.3 Å². The van der Waals surface area contributed by atoms with E-state index in [-0.39, 0.29) is 6.10 Å². The van der Waals surface area contributed by atoms with Crippen LogP contribution >= 0.6 is 8.60 Å². The second-order valence-electron chi connectivity index (χ2n) is 6.06. The first-order chi connectivity index (χ1) is 10.1. The third kappa shape index (κ3) is 9.97. The number of benzene rings is 1. The van der Waals surface area contributed by atoms with Gasteiger partial charge >= 0.3 is 8.60 Å². The monoisotopic (exact) mass is 312 g/mol. The van der Waals surface area contributed by atoms with E-state index < -0.39 is 8.60 Å². The van der Waals surface area contributed by atoms with Crippen molar-refractivity contribution in [3.05, 3.63) is 35.9 Å². The highest BCUT2D eigenvalue weighted by molar-refractivity contribution is 7.39. The molecule has 0 heterocycles. The maximum absolute atomic E-state index is 9.10. The summed E-state index contributed by atoms with van der Waals surface area (Å²) < 4.78 is 5.27. The SMILES string of the molecule is CC(C)CCCCCCC(Cc1ccccc1)OP(O)O. The maximum atomic E-state index is 9.10. The number of hydrogen-bond acceptors (Lipinski definition) is 3. The van der Waals surface area contributed by atoms with Crippen molar-refractivity contribution in [3.63, 3.8) is 0 Å². The zero-order chi connectivity index (χ0) is 15.5. The van der Waals surface area contributed by atoms with Crippen LogP contribution in [0.4, 0.5) is 0 Å². The van der Waals surface area contributed by atoms with Crippen LogP contribution in [0.2, 0.25) is 0 Å². The Morgan fingerprint density at radius 1 is 0.952 bits per heavy atom. The van der Waals surface area contributed by atoms with Gasteiger partial charge in [-0.05, 0) is 24.3 Å². The van der Waals surface area contributed by atoms with Gasteiger partial charge in [-0.2, -0.15) is 0 Å². The topological polar surface area (TPSA) is 49.7 Å². The first-order valence-electron chi connectivity index (χ1n) is 7.96. The second kappa shape index (κ2) is 11.1. The lowest BCUT2D eigenvalue weighted by Crippen LogP contribution is -2.13. The summed E-state index contributed by atoms with van der Waals surface area (Å²) in [4.78, 5) is 18.2. The quantitative estimate of drug-likeness (QED) is 0.455. The minimum absolute atomic E-state index is 0.0985. The van der Waals surface area contributed by atoms with Crippen molar-refractivity contribution >= 4 is 8.60 Å². The van der Waals surface area contributed by atoms with Crippen LogP contribution in [0.3, 0.4) is 0 Å². The van der Waals surface area contributed by atoms with E-state index in [1.165, 1.54) is 31.2 Å². The Kier molecular flexibility index (Phi) is 9.86. The van der Waals surface area contributed by atoms with Gasteiger partial charge in [0, 0.05) is 0 Å². The summed E-state index contributed by atoms with van der Waals surface area (Å²) in [6.07, 6.45) is 7.64. The molecule has 0 saturated carbocycles. The predicted octanol–water partition coefficient (Wildman–Crippen LogP) is 4.82. The molecule has 0 aromatic heterocycles. The molecule has 120 valence electrons. The molecule has 3 nitrogen and oxygen atoms in total. The second-order valence-corrected chi connectivity index (χ2v) is 6.77. The molecule has 1 aromatic carbocycles. The van der Waals surface area contributed by atoms with Gasteiger partial charge < -0.3 is 14.3 Å². The number of rotatable bonds is 11. The molecule has 21 heavy (non-hydrogen) atoms. The zero-order valence-corrected chi connectivity index (χ0v) is 14.1. The van der Waals surface area contributed by atoms with Gasteiger partial charge in [-0.25, -0.2) is 0 Å². The highest BCUT2D eigenvalue weighted by Crippen LogP contribution is 2.30. The van der Waals surface area contributed by atoms with E-state index in [1.54, 1.807) is 0 Å². The van der Waals surface area contributed by atoms with Crippen LogP contribution in [0, 0.1) is 5.92 Å². The molecule has 1 rings (SSSR count). The molecule has 0 bridgehead atoms. The average Bonchev–Trinajstić information content (AvgIpc) is 2.42. The summed E-state index contributed by atoms with van der Waals surface area (Å²) in [5.74, 6) is 0.784. The molecule has 0 saturated heterocycles. The summed E-state index contributed by atoms with van der Waals surface area (Å²) >= 11 is 0. The molecule has 0 aliphatic rings. The van der Waals surface area contributed by atoms with Crippen LogP contribution in [0.5, 0.6) is 0 Å². The molecular weight excluding hydrogens is 283 g/mol. The van der Waals surface area contributed by atoms with Crippen molar-refractivity contribution in [1.82, 2.24) is 0 Å². The summed E-state index contributed by atoms with van der Waals surface area (Å²) in [7, 11) is -2.27. The smallest absolute Gasteiger partial charge is 0.327 e. The molecule has 1 aromatic rings. The van der Waals surface area contributed by atoms with Gasteiger partial charge in [0.15, 0.2) is 0 Å². The lowest BCUT2D eigenvalue weighted by molar-refractivity contribution is 0.159. The van der Waals surface area contributed by atoms with Crippen LogP contribution in [-0.4, -0.2) is 15.9 Å². The Hall–Kier alpha value is -0.470. The van der Waals surface area contributed by atoms with Crippen LogP contribution in [0.15, 0.2) is 30.3 Å². The standard InChI is InChI=1S/C17H29O3P/c1-15(2)10-6-3-4-9-13-17(20-21(18)19)14-16-11-7-5-8-12-16/h5,7-8,11-12,15,17-19H,3-4,6,9-10,13-14H2,1-2H3. The lowest BCUT2D eigenvalue weighted by atomic mass is 10.0. The summed E-state index contributed by atoms with van der Waals surface area (Å²) in [6.45, 7) is 4.52. The van der Waals surface area contributed by atoms with Gasteiger partial charge in [-0.15, -0.1) is 0 Å². The summed E-state index contributed by atoms with van der Waals surface area (Å²) in [5.41, 5.74) is 1.18. The van der Waals surface area contributed by atoms with Gasteiger partial charge in [-0.3, -0.25) is 0 Å². The van der Waals surface area contributed by atoms with E-state index in [1.807, 2.05) is 18.2 Å². The first-order valence-corrected chi connectivity index (χ1v) is 9.13. The molecule has 4 heteroatoms. The van der Waals surface area contributed by atoms with E-state index in [2.05, 4.69) is 26.0 Å². The van der Waals surface area contributed by atoms with E-state index in [0.29, 0.717) is 0 Å². The Balaban J connectivity index is 2.27. The molecular formula is C17H29O3P. The fourth-order valence-electron chi connectivity index (χ4n) is 2.48. The highest BCUT2D eigenvalue weighted by atomic mass is 31.2. The fourth-order valence-corrected chi connectivity index (χ4v) is 2.93. The average molecular weight is 312 g/mol. The maximum Gasteiger partial charge on any atom is 0.327 e. The van der Waals surface area contributed by atoms with Crippen molar-refractivity contribution in [2.45, 2.75) is 64.9 Å². The number of unbranched alkanes of at least 4 members (excludes halogenated alkanes) is 3. The first kappa shape index (κ1) is 18.6. The van der Waals surface area contributed by atoms with Gasteiger partial charge in [-0.1, -0.05) is 76.3 Å². The Morgan fingerprint density at radius 3 is 2.14 bits per heavy atom. The Morgan fingerprint density at radius 2 is 1.57 bits per heavy atom. The summed E-state index contributed by atoms with van der Waals surface area (Å²) in [6, 6.07) is 10.1. The number of hydrogen-bond donors (Lipinski definition) is 2. The lowest BCUT2D eigenvalue weighted by Gasteiger charge is -2.18. The Bertz CT molecular complexity index is 354. The van der Waals surface area contributed by atoms with E-state index >= 15 is 0 Å². The van der Waals surface area contributed by atoms with Crippen molar-refractivity contribution in [2.75, 3.05) is 0 Å². The van der Waals surface area contributed by atoms with Crippen molar-refractivity contribution in [3.8, 4) is 0 Å². The minimum atomic E-state index is -2.27. The predicted molar refractivity (Wildman–Crippen MR) is 88.9 cm³/mol. The van der Waals surface area contributed by atoms with Gasteiger partial charge in [0.1, 0.15) is 0 Å². The van der Waals surface area contributed by atoms with Crippen LogP contribution in [-0.2, 0) is 10.9 Å². The molecule has 0 aliphatic carbocycles. The molecule has 0 amide bonds. The van der Waals surface area contributed by atoms with E-state index in [9.17, 15) is 0 Å². The summed E-state index contributed by atoms with van der Waals surface area (Å²) in [5, 5.41) is 0. The third-order valence-corrected chi connectivity index (χ3v) is 4.09. The van der Waals surface area contributed by atoms with Crippen LogP contribution in [0.1, 0.15) is 57.9 Å². The van der Waals surface area contributed by atoms with Crippen molar-refractivity contribution < 1.29 is 14.3 Å². The van der Waals surface area contributed by atoms with E-state index in [0.717, 1.165) is 25.2 Å². The normalized spacial score (nSPS) is 13.0. The van der Waals surface area contributed by atoms with Crippen LogP contribution < -0.4 is 0 Å². The fraction of sp³-hybridized carbons (Fsp3) is 0.647. The molecule has 2 N–H and O–H groups in total. The molecule has 1 atom stereocenters. The third-order valence-electron chi connectivity index (χ3n) is 3.61. The van der Waals surface area contributed by atoms with Gasteiger partial charge in [0.05, 0.1) is 6.10 Å². The molecule has 0 radical (unpaired) electrons. The molecule has 0 aliphatic heterocycles. The molecule has 0 fully saturated rings. The van der Waals surface area contributed by atoms with Gasteiger partial charge in [0.25, 0.3) is 0 Å². The molecule has 1 unspecified atom stereocenters. The molecule has 0 spiro atoms. The minimum Gasteiger partial charge on any atom is -0.328 e. The van der Waals surface area contributed by atoms with Crippen LogP contribution in [0.25, 0.3) is 0 Å². The highest BCUT2D eigenvalue weighted by Gasteiger charge is 2.14. The zero-order valence-electron chi connectivity index (χ0n) is 13.2. The van der Waals surface area contributed by atoms with Gasteiger partial charge in [0.2, 0.25) is 0 Å². The van der Waals surface area contributed by atoms with Crippen molar-refractivity contribution in [1.29, 1.82) is 0 Å². The van der Waals surface area contributed by atoms with Crippen molar-refractivity contribution in [2.24, 2.45) is 5.92 Å². The Labute approximate surface area is 130 Å². The largest absolute Gasteiger partial charge is 0.328 e.